The van der Waals surface area contributed by atoms with Crippen molar-refractivity contribution < 1.29 is 14.3 Å². The van der Waals surface area contributed by atoms with Crippen LogP contribution >= 0.6 is 11.6 Å². The zero-order chi connectivity index (χ0) is 16.8. The van der Waals surface area contributed by atoms with E-state index in [2.05, 4.69) is 10.6 Å². The van der Waals surface area contributed by atoms with E-state index < -0.39 is 0 Å². The number of hydrogen-bond acceptors (Lipinski definition) is 3. The first kappa shape index (κ1) is 17.2. The number of anilines is 1. The fourth-order valence-electron chi connectivity index (χ4n) is 1.97. The number of carbonyl (C=O) groups excluding carboxylic acids is 1. The Bertz CT molecular complexity index is 677. The lowest BCUT2D eigenvalue weighted by Crippen LogP contribution is -2.34. The van der Waals surface area contributed by atoms with Crippen molar-refractivity contribution in [3.8, 4) is 0 Å². The van der Waals surface area contributed by atoms with E-state index in [0.29, 0.717) is 22.7 Å². The molecule has 3 N–H and O–H groups in total. The van der Waals surface area contributed by atoms with Gasteiger partial charge in [0.2, 0.25) is 0 Å². The summed E-state index contributed by atoms with van der Waals surface area (Å²) in [5.74, 6) is -0.574. The highest BCUT2D eigenvalue weighted by molar-refractivity contribution is 6.30. The fourth-order valence-corrected chi connectivity index (χ4v) is 2.16. The van der Waals surface area contributed by atoms with Gasteiger partial charge in [0.15, 0.2) is 0 Å². The van der Waals surface area contributed by atoms with Gasteiger partial charge in [-0.1, -0.05) is 11.6 Å². The van der Waals surface area contributed by atoms with Crippen molar-refractivity contribution in [1.82, 2.24) is 5.32 Å². The predicted octanol–water partition coefficient (Wildman–Crippen LogP) is 3.20. The predicted molar refractivity (Wildman–Crippen MR) is 89.2 cm³/mol. The molecule has 1 atom stereocenters. The summed E-state index contributed by atoms with van der Waals surface area (Å²) in [6.07, 6.45) is 0. The van der Waals surface area contributed by atoms with Gasteiger partial charge in [-0.05, 0) is 49.4 Å². The molecule has 1 unspecified atom stereocenters. The molecule has 1 amide bonds. The molecular weight excluding hydrogens is 319 g/mol. The third-order valence-electron chi connectivity index (χ3n) is 3.29. The molecule has 2 aromatic carbocycles. The maximum Gasteiger partial charge on any atom is 0.251 e. The van der Waals surface area contributed by atoms with Crippen molar-refractivity contribution in [2.24, 2.45) is 0 Å². The van der Waals surface area contributed by atoms with Crippen LogP contribution in [0.4, 0.5) is 10.1 Å². The van der Waals surface area contributed by atoms with Crippen LogP contribution in [-0.2, 0) is 6.54 Å². The first-order valence-corrected chi connectivity index (χ1v) is 7.57. The summed E-state index contributed by atoms with van der Waals surface area (Å²) in [6.45, 7) is 1.89. The molecule has 0 aliphatic heterocycles. The highest BCUT2D eigenvalue weighted by Gasteiger charge is 2.09. The number of aliphatic hydroxyl groups is 1. The Morgan fingerprint density at radius 1 is 1.26 bits per heavy atom. The lowest BCUT2D eigenvalue weighted by atomic mass is 10.1. The Labute approximate surface area is 139 Å². The van der Waals surface area contributed by atoms with Gasteiger partial charge in [-0.15, -0.1) is 0 Å². The molecule has 0 spiro atoms. The van der Waals surface area contributed by atoms with E-state index in [-0.39, 0.29) is 24.4 Å². The minimum absolute atomic E-state index is 0.115. The van der Waals surface area contributed by atoms with Crippen LogP contribution in [0.3, 0.4) is 0 Å². The third kappa shape index (κ3) is 4.94. The summed E-state index contributed by atoms with van der Waals surface area (Å²) < 4.78 is 13.6. The molecule has 2 aromatic rings. The Morgan fingerprint density at radius 3 is 2.61 bits per heavy atom. The molecule has 0 fully saturated rings. The van der Waals surface area contributed by atoms with E-state index in [1.54, 1.807) is 37.3 Å². The molecule has 0 bridgehead atoms. The summed E-state index contributed by atoms with van der Waals surface area (Å²) in [7, 11) is 0. The number of benzene rings is 2. The lowest BCUT2D eigenvalue weighted by molar-refractivity contribution is 0.0922. The highest BCUT2D eigenvalue weighted by atomic mass is 35.5. The van der Waals surface area contributed by atoms with Gasteiger partial charge in [0.25, 0.3) is 5.91 Å². The topological polar surface area (TPSA) is 61.4 Å². The monoisotopic (exact) mass is 336 g/mol. The van der Waals surface area contributed by atoms with Crippen LogP contribution < -0.4 is 10.6 Å². The molecule has 122 valence electrons. The Balaban J connectivity index is 1.97. The molecule has 0 aliphatic carbocycles. The van der Waals surface area contributed by atoms with Crippen molar-refractivity contribution in [1.29, 1.82) is 0 Å². The van der Waals surface area contributed by atoms with Crippen LogP contribution in [0.15, 0.2) is 42.5 Å². The maximum atomic E-state index is 13.6. The van der Waals surface area contributed by atoms with Gasteiger partial charge in [0.05, 0.1) is 6.61 Å². The van der Waals surface area contributed by atoms with Crippen molar-refractivity contribution in [2.75, 3.05) is 11.9 Å². The summed E-state index contributed by atoms with van der Waals surface area (Å²) in [5.41, 5.74) is 1.72. The first-order chi connectivity index (χ1) is 11.0. The zero-order valence-corrected chi connectivity index (χ0v) is 13.4. The molecule has 0 radical (unpaired) electrons. The average molecular weight is 337 g/mol. The second-order valence-corrected chi connectivity index (χ2v) is 5.66. The van der Waals surface area contributed by atoms with Gasteiger partial charge in [0, 0.05) is 34.4 Å². The largest absolute Gasteiger partial charge is 0.394 e. The van der Waals surface area contributed by atoms with Gasteiger partial charge in [0.1, 0.15) is 5.82 Å². The van der Waals surface area contributed by atoms with E-state index in [1.807, 2.05) is 0 Å². The van der Waals surface area contributed by atoms with E-state index in [1.165, 1.54) is 12.1 Å². The number of rotatable bonds is 6. The number of halogens is 2. The van der Waals surface area contributed by atoms with Crippen molar-refractivity contribution in [3.05, 3.63) is 64.4 Å². The molecule has 0 aliphatic rings. The number of amides is 1. The van der Waals surface area contributed by atoms with Gasteiger partial charge in [-0.25, -0.2) is 4.39 Å². The zero-order valence-electron chi connectivity index (χ0n) is 12.6. The molecule has 4 nitrogen and oxygen atoms in total. The van der Waals surface area contributed by atoms with Crippen LogP contribution in [0, 0.1) is 5.82 Å². The summed E-state index contributed by atoms with van der Waals surface area (Å²) in [4.78, 5) is 11.9. The van der Waals surface area contributed by atoms with E-state index in [9.17, 15) is 9.18 Å². The quantitative estimate of drug-likeness (QED) is 0.759. The van der Waals surface area contributed by atoms with Crippen LogP contribution in [0.25, 0.3) is 0 Å². The first-order valence-electron chi connectivity index (χ1n) is 7.19. The smallest absolute Gasteiger partial charge is 0.251 e. The molecule has 23 heavy (non-hydrogen) atoms. The molecule has 2 rings (SSSR count). The molecule has 0 saturated carbocycles. The Hall–Kier alpha value is -2.11. The summed E-state index contributed by atoms with van der Waals surface area (Å²) >= 11 is 5.85. The lowest BCUT2D eigenvalue weighted by Gasteiger charge is -2.12. The van der Waals surface area contributed by atoms with Gasteiger partial charge in [-0.3, -0.25) is 4.79 Å². The van der Waals surface area contributed by atoms with Crippen LogP contribution in [0.1, 0.15) is 22.8 Å². The molecular formula is C17H18ClFN2O2. The van der Waals surface area contributed by atoms with Crippen molar-refractivity contribution in [2.45, 2.75) is 19.5 Å². The van der Waals surface area contributed by atoms with Crippen molar-refractivity contribution >= 4 is 23.2 Å². The average Bonchev–Trinajstić information content (AvgIpc) is 2.56. The molecule has 0 heterocycles. The highest BCUT2D eigenvalue weighted by Crippen LogP contribution is 2.17. The van der Waals surface area contributed by atoms with Crippen LogP contribution in [-0.4, -0.2) is 23.7 Å². The Morgan fingerprint density at radius 2 is 1.96 bits per heavy atom. The number of aliphatic hydroxyl groups excluding tert-OH is 1. The molecule has 0 saturated heterocycles. The van der Waals surface area contributed by atoms with Crippen LogP contribution in [0.5, 0.6) is 0 Å². The van der Waals surface area contributed by atoms with E-state index in [0.717, 1.165) is 5.69 Å². The summed E-state index contributed by atoms with van der Waals surface area (Å²) in [6, 6.07) is 10.9. The Kier molecular flexibility index (Phi) is 5.96. The van der Waals surface area contributed by atoms with Crippen molar-refractivity contribution in [3.63, 3.8) is 0 Å². The van der Waals surface area contributed by atoms with E-state index in [4.69, 9.17) is 16.7 Å². The molecule has 0 aromatic heterocycles. The molecule has 6 heteroatoms. The second kappa shape index (κ2) is 7.94. The normalized spacial score (nSPS) is 11.8. The van der Waals surface area contributed by atoms with Gasteiger partial charge < -0.3 is 15.7 Å². The number of nitrogens with one attached hydrogen (secondary N) is 2. The number of hydrogen-bond donors (Lipinski definition) is 3. The minimum atomic E-state index is -0.323. The fraction of sp³-hybridized carbons (Fsp3) is 0.235. The minimum Gasteiger partial charge on any atom is -0.394 e. The summed E-state index contributed by atoms with van der Waals surface area (Å²) in [5, 5.41) is 15.1. The second-order valence-electron chi connectivity index (χ2n) is 5.22. The standard InChI is InChI=1S/C17H18ClFN2O2/c1-11(10-22)21-17(23)12-2-5-15(6-3-12)20-9-13-8-14(18)4-7-16(13)19/h2-8,11,20,22H,9-10H2,1H3,(H,21,23). The maximum absolute atomic E-state index is 13.6. The third-order valence-corrected chi connectivity index (χ3v) is 3.52. The SMILES string of the molecule is CC(CO)NC(=O)c1ccc(NCc2cc(Cl)ccc2F)cc1. The van der Waals surface area contributed by atoms with E-state index >= 15 is 0 Å². The number of carbonyl (C=O) groups is 1. The van der Waals surface area contributed by atoms with Crippen LogP contribution in [0.2, 0.25) is 5.02 Å². The van der Waals surface area contributed by atoms with Gasteiger partial charge >= 0.3 is 0 Å². The van der Waals surface area contributed by atoms with Gasteiger partial charge in [-0.2, -0.15) is 0 Å².